The number of rotatable bonds is 8. The summed E-state index contributed by atoms with van der Waals surface area (Å²) in [6.07, 6.45) is -2.03. The van der Waals surface area contributed by atoms with E-state index in [9.17, 15) is 18.0 Å². The molecule has 0 aliphatic heterocycles. The number of alkyl halides is 3. The maximum absolute atomic E-state index is 12.2. The van der Waals surface area contributed by atoms with Crippen molar-refractivity contribution in [2.45, 2.75) is 38.3 Å². The smallest absolute Gasteiger partial charge is 0.342 e. The van der Waals surface area contributed by atoms with E-state index < -0.39 is 12.6 Å². The van der Waals surface area contributed by atoms with Gasteiger partial charge in [-0.2, -0.15) is 13.2 Å². The highest BCUT2D eigenvalue weighted by molar-refractivity contribution is 5.85. The summed E-state index contributed by atoms with van der Waals surface area (Å²) in [5.41, 5.74) is 0. The Morgan fingerprint density at radius 3 is 2.47 bits per heavy atom. The van der Waals surface area contributed by atoms with Gasteiger partial charge < -0.3 is 10.2 Å². The summed E-state index contributed by atoms with van der Waals surface area (Å²) < 4.78 is 36.6. The molecule has 0 radical (unpaired) electrons. The first-order valence-electron chi connectivity index (χ1n) is 6.41. The second-order valence-corrected chi connectivity index (χ2v) is 4.86. The average Bonchev–Trinajstić information content (AvgIpc) is 3.06. The summed E-state index contributed by atoms with van der Waals surface area (Å²) in [5, 5.41) is 2.92. The third-order valence-electron chi connectivity index (χ3n) is 3.01. The number of hydrogen-bond acceptors (Lipinski definition) is 2. The first-order valence-corrected chi connectivity index (χ1v) is 6.41. The molecule has 1 fully saturated rings. The van der Waals surface area contributed by atoms with E-state index in [1.807, 2.05) is 0 Å². The van der Waals surface area contributed by atoms with Crippen molar-refractivity contribution in [2.24, 2.45) is 5.92 Å². The Morgan fingerprint density at radius 2 is 2.00 bits per heavy atom. The number of halogens is 4. The zero-order valence-electron chi connectivity index (χ0n) is 11.1. The molecule has 0 atom stereocenters. The standard InChI is InChI=1S/C12H21F3N2O.ClH/c1-16-7-2-3-11(18)17(9-10-4-5-10)8-6-12(13,14)15;/h10,16H,2-9H2,1H3;1H. The highest BCUT2D eigenvalue weighted by atomic mass is 35.5. The maximum atomic E-state index is 12.2. The minimum absolute atomic E-state index is 0. The Bertz CT molecular complexity index is 270. The third-order valence-corrected chi connectivity index (χ3v) is 3.01. The van der Waals surface area contributed by atoms with Gasteiger partial charge in [0, 0.05) is 19.5 Å². The summed E-state index contributed by atoms with van der Waals surface area (Å²) in [6.45, 7) is 1.01. The van der Waals surface area contributed by atoms with E-state index in [-0.39, 0.29) is 24.9 Å². The van der Waals surface area contributed by atoms with Gasteiger partial charge in [0.1, 0.15) is 0 Å². The van der Waals surface area contributed by atoms with E-state index in [4.69, 9.17) is 0 Å². The van der Waals surface area contributed by atoms with Gasteiger partial charge in [-0.15, -0.1) is 12.4 Å². The summed E-state index contributed by atoms with van der Waals surface area (Å²) in [5.74, 6) is 0.271. The van der Waals surface area contributed by atoms with E-state index in [0.717, 1.165) is 12.8 Å². The zero-order chi connectivity index (χ0) is 13.6. The number of carbonyl (C=O) groups excluding carboxylic acids is 1. The Kier molecular flexibility index (Phi) is 8.41. The van der Waals surface area contributed by atoms with E-state index in [2.05, 4.69) is 5.32 Å². The van der Waals surface area contributed by atoms with Crippen molar-refractivity contribution in [3.05, 3.63) is 0 Å². The second kappa shape index (κ2) is 8.64. The first kappa shape index (κ1) is 18.5. The van der Waals surface area contributed by atoms with Crippen molar-refractivity contribution in [1.29, 1.82) is 0 Å². The van der Waals surface area contributed by atoms with Crippen LogP contribution in [0, 0.1) is 5.92 Å². The van der Waals surface area contributed by atoms with Gasteiger partial charge in [-0.1, -0.05) is 0 Å². The number of nitrogens with zero attached hydrogens (tertiary/aromatic N) is 1. The molecule has 0 aromatic rings. The van der Waals surface area contributed by atoms with Crippen molar-refractivity contribution in [3.8, 4) is 0 Å². The fourth-order valence-electron chi connectivity index (χ4n) is 1.77. The predicted octanol–water partition coefficient (Wildman–Crippen LogP) is 2.60. The molecule has 1 N–H and O–H groups in total. The van der Waals surface area contributed by atoms with Crippen LogP contribution in [0.3, 0.4) is 0 Å². The van der Waals surface area contributed by atoms with Crippen LogP contribution < -0.4 is 5.32 Å². The van der Waals surface area contributed by atoms with Gasteiger partial charge in [0.15, 0.2) is 0 Å². The summed E-state index contributed by atoms with van der Waals surface area (Å²) in [4.78, 5) is 13.2. The molecule has 1 amide bonds. The molecule has 0 aromatic carbocycles. The molecule has 3 nitrogen and oxygen atoms in total. The molecule has 0 unspecified atom stereocenters. The quantitative estimate of drug-likeness (QED) is 0.699. The van der Waals surface area contributed by atoms with Crippen LogP contribution in [0.4, 0.5) is 13.2 Å². The molecule has 1 aliphatic carbocycles. The van der Waals surface area contributed by atoms with Crippen LogP contribution in [0.15, 0.2) is 0 Å². The second-order valence-electron chi connectivity index (χ2n) is 4.86. The van der Waals surface area contributed by atoms with Crippen LogP contribution in [-0.2, 0) is 4.79 Å². The van der Waals surface area contributed by atoms with Crippen LogP contribution in [0.1, 0.15) is 32.1 Å². The molecule has 1 rings (SSSR count). The van der Waals surface area contributed by atoms with Gasteiger partial charge in [0.25, 0.3) is 0 Å². The predicted molar refractivity (Wildman–Crippen MR) is 70.4 cm³/mol. The largest absolute Gasteiger partial charge is 0.390 e. The molecular weight excluding hydrogens is 281 g/mol. The molecule has 7 heteroatoms. The Hall–Kier alpha value is -0.490. The number of nitrogens with one attached hydrogen (secondary N) is 1. The van der Waals surface area contributed by atoms with Gasteiger partial charge in [-0.05, 0) is 38.8 Å². The SMILES string of the molecule is CNCCCC(=O)N(CCC(F)(F)F)CC1CC1.Cl. The van der Waals surface area contributed by atoms with Crippen molar-refractivity contribution in [1.82, 2.24) is 10.2 Å². The summed E-state index contributed by atoms with van der Waals surface area (Å²) in [7, 11) is 1.79. The minimum atomic E-state index is -4.19. The number of hydrogen-bond donors (Lipinski definition) is 1. The molecule has 0 aromatic heterocycles. The van der Waals surface area contributed by atoms with E-state index in [1.165, 1.54) is 4.90 Å². The maximum Gasteiger partial charge on any atom is 0.390 e. The normalized spacial score (nSPS) is 14.9. The molecular formula is C12H22ClF3N2O. The highest BCUT2D eigenvalue weighted by Crippen LogP contribution is 2.30. The summed E-state index contributed by atoms with van der Waals surface area (Å²) >= 11 is 0. The number of amides is 1. The fraction of sp³-hybridized carbons (Fsp3) is 0.917. The van der Waals surface area contributed by atoms with Gasteiger partial charge >= 0.3 is 6.18 Å². The first-order chi connectivity index (χ1) is 8.42. The van der Waals surface area contributed by atoms with Crippen LogP contribution >= 0.6 is 12.4 Å². The monoisotopic (exact) mass is 302 g/mol. The van der Waals surface area contributed by atoms with Gasteiger partial charge in [-0.3, -0.25) is 4.79 Å². The molecule has 0 saturated heterocycles. The van der Waals surface area contributed by atoms with E-state index >= 15 is 0 Å². The van der Waals surface area contributed by atoms with Gasteiger partial charge in [0.05, 0.1) is 6.42 Å². The van der Waals surface area contributed by atoms with Crippen LogP contribution in [0.5, 0.6) is 0 Å². The van der Waals surface area contributed by atoms with Crippen LogP contribution in [0.2, 0.25) is 0 Å². The topological polar surface area (TPSA) is 32.3 Å². The van der Waals surface area contributed by atoms with Crippen molar-refractivity contribution < 1.29 is 18.0 Å². The summed E-state index contributed by atoms with van der Waals surface area (Å²) in [6, 6.07) is 0. The Balaban J connectivity index is 0.00000324. The van der Waals surface area contributed by atoms with Crippen molar-refractivity contribution in [3.63, 3.8) is 0 Å². The number of carbonyl (C=O) groups is 1. The van der Waals surface area contributed by atoms with Crippen molar-refractivity contribution >= 4 is 18.3 Å². The molecule has 0 spiro atoms. The highest BCUT2D eigenvalue weighted by Gasteiger charge is 2.31. The van der Waals surface area contributed by atoms with Crippen molar-refractivity contribution in [2.75, 3.05) is 26.7 Å². The molecule has 114 valence electrons. The third kappa shape index (κ3) is 9.10. The Labute approximate surface area is 118 Å². The lowest BCUT2D eigenvalue weighted by Gasteiger charge is -2.23. The molecule has 0 heterocycles. The van der Waals surface area contributed by atoms with Gasteiger partial charge in [0.2, 0.25) is 5.91 Å². The molecule has 19 heavy (non-hydrogen) atoms. The van der Waals surface area contributed by atoms with Crippen LogP contribution in [0.25, 0.3) is 0 Å². The average molecular weight is 303 g/mol. The minimum Gasteiger partial charge on any atom is -0.342 e. The zero-order valence-corrected chi connectivity index (χ0v) is 11.9. The lowest BCUT2D eigenvalue weighted by molar-refractivity contribution is -0.145. The fourth-order valence-corrected chi connectivity index (χ4v) is 1.77. The van der Waals surface area contributed by atoms with E-state index in [0.29, 0.717) is 31.8 Å². The Morgan fingerprint density at radius 1 is 1.37 bits per heavy atom. The molecule has 0 bridgehead atoms. The van der Waals surface area contributed by atoms with Gasteiger partial charge in [-0.25, -0.2) is 0 Å². The lowest BCUT2D eigenvalue weighted by atomic mass is 10.2. The lowest BCUT2D eigenvalue weighted by Crippen LogP contribution is -2.36. The van der Waals surface area contributed by atoms with E-state index in [1.54, 1.807) is 7.05 Å². The van der Waals surface area contributed by atoms with Crippen LogP contribution in [-0.4, -0.2) is 43.7 Å². The molecule has 1 saturated carbocycles. The molecule has 1 aliphatic rings.